The van der Waals surface area contributed by atoms with E-state index >= 15 is 0 Å². The van der Waals surface area contributed by atoms with Crippen LogP contribution in [-0.2, 0) is 20.1 Å². The first-order valence-corrected chi connectivity index (χ1v) is 35.5. The molecule has 0 unspecified atom stereocenters. The van der Waals surface area contributed by atoms with Crippen molar-refractivity contribution in [2.24, 2.45) is 5.41 Å². The average Bonchev–Trinajstić information content (AvgIpc) is 4.02. The van der Waals surface area contributed by atoms with E-state index in [0.717, 1.165) is 80.6 Å². The molecule has 6 aromatic heterocycles. The summed E-state index contributed by atoms with van der Waals surface area (Å²) < 4.78 is 72.1. The van der Waals surface area contributed by atoms with E-state index in [1.165, 1.54) is 27.9 Å². The van der Waals surface area contributed by atoms with E-state index in [-0.39, 0.29) is 42.7 Å². The minimum atomic E-state index is -2.34. The second-order valence-corrected chi connectivity index (χ2v) is 38.6. The maximum absolute atomic E-state index is 13.2. The summed E-state index contributed by atoms with van der Waals surface area (Å²) in [5.41, 5.74) is 5.54. The quantitative estimate of drug-likeness (QED) is 0.130. The number of hydrogen-bond acceptors (Lipinski definition) is 6. The van der Waals surface area contributed by atoms with Crippen LogP contribution in [0.2, 0.25) is 36.9 Å². The van der Waals surface area contributed by atoms with E-state index in [9.17, 15) is 10.2 Å². The molecule has 0 aliphatic heterocycles. The Balaban J connectivity index is 0.000000149. The summed E-state index contributed by atoms with van der Waals surface area (Å²) in [7, 11) is -1.35. The van der Waals surface area contributed by atoms with Crippen LogP contribution in [-0.4, -0.2) is 36.3 Å². The number of nitrogens with zero attached hydrogens (tertiary/aromatic N) is 3. The average molecular weight is 1210 g/mol. The van der Waals surface area contributed by atoms with Crippen LogP contribution in [0.1, 0.15) is 62.0 Å². The van der Waals surface area contributed by atoms with Gasteiger partial charge in [-0.05, 0) is 71.2 Å². The van der Waals surface area contributed by atoms with E-state index in [1.54, 1.807) is 34.8 Å². The first-order valence-electron chi connectivity index (χ1n) is 25.0. The molecule has 1 saturated carbocycles. The second kappa shape index (κ2) is 19.2. The summed E-state index contributed by atoms with van der Waals surface area (Å²) >= 11 is 1.35. The van der Waals surface area contributed by atoms with Crippen LogP contribution in [0.15, 0.2) is 114 Å². The van der Waals surface area contributed by atoms with E-state index < -0.39 is 34.1 Å². The molecule has 12 rings (SSSR count). The SMILES string of the molecule is C[Si](C)(C)c1cnc2c(c1)sc1cc(F)c[c-]c12.[2H]C([2H])([2H])c1cnc(-c2[c-]ccc3c2oc2c4ccccc4ccc32)cc1C1([2H])CCC(C)(C)CC1.[CH3][Ge]([CH3])([CH3])[c]1cnc2c(c1)sc1cc(F)c[c-]c12.[Ir+3]. The van der Waals surface area contributed by atoms with Crippen LogP contribution >= 0.6 is 22.7 Å². The number of halogens is 2. The van der Waals surface area contributed by atoms with Gasteiger partial charge in [0.1, 0.15) is 5.58 Å². The number of thiophene rings is 2. The smallest absolute Gasteiger partial charge is 3.00 e. The van der Waals surface area contributed by atoms with Crippen molar-refractivity contribution in [2.75, 3.05) is 0 Å². The van der Waals surface area contributed by atoms with Crippen molar-refractivity contribution in [3.63, 3.8) is 0 Å². The molecule has 0 amide bonds. The Bertz CT molecular complexity index is 3760. The Morgan fingerprint density at radius 1 is 0.739 bits per heavy atom. The molecule has 5 aromatic carbocycles. The summed E-state index contributed by atoms with van der Waals surface area (Å²) in [6.45, 7) is 9.00. The predicted octanol–water partition coefficient (Wildman–Crippen LogP) is 16.5. The minimum Gasteiger partial charge on any atom is 3.00 e. The summed E-state index contributed by atoms with van der Waals surface area (Å²) in [6.07, 6.45) is 8.41. The maximum Gasteiger partial charge on any atom is 3.00 e. The normalized spacial score (nSPS) is 15.8. The Hall–Kier alpha value is -4.68. The largest absolute Gasteiger partial charge is 3.00 e. The monoisotopic (exact) mass is 1210 g/mol. The number of rotatable bonds is 4. The van der Waals surface area contributed by atoms with Crippen molar-refractivity contribution in [1.82, 2.24) is 15.0 Å². The van der Waals surface area contributed by atoms with Gasteiger partial charge in [-0.1, -0.05) is 104 Å². The molecule has 1 fully saturated rings. The van der Waals surface area contributed by atoms with Gasteiger partial charge in [0.2, 0.25) is 0 Å². The van der Waals surface area contributed by atoms with Crippen LogP contribution in [0.4, 0.5) is 8.78 Å². The molecule has 0 atom stereocenters. The summed E-state index contributed by atoms with van der Waals surface area (Å²) in [4.78, 5) is 13.7. The maximum atomic E-state index is 13.2. The Kier molecular flexibility index (Phi) is 12.3. The number of pyridine rings is 3. The standard InChI is InChI=1S/C30H28NO.C14H13FGeNS.C14H13FNSSi.Ir/c1-19-18-31-27(17-26(19)21-13-15-30(2,3)16-14-21)25-10-6-9-23-24-12-11-20-7-4-5-8-22(20)28(24)32-29(23)25;1-16(2,3)10-7-13-14(17-8-10)11-5-4-9(15)6-12(11)18-13;1-18(2,3)10-7-13-14(16-8-10)11-5-4-9(15)6-12(11)17-13;/h4-9,11-12,17-18,21H,13-16H2,1-3H3;2*4,6-8H,1-3H3;/q3*-1;+3/i1D3,21D;;;. The van der Waals surface area contributed by atoms with Crippen LogP contribution in [0, 0.1) is 42.1 Å². The zero-order chi connectivity index (χ0) is 51.1. The van der Waals surface area contributed by atoms with Gasteiger partial charge < -0.3 is 14.4 Å². The number of furan rings is 1. The van der Waals surface area contributed by atoms with Gasteiger partial charge in [0, 0.05) is 44.7 Å². The van der Waals surface area contributed by atoms with Crippen LogP contribution in [0.25, 0.3) is 84.6 Å². The van der Waals surface area contributed by atoms with Crippen molar-refractivity contribution >= 4 is 127 Å². The van der Waals surface area contributed by atoms with Gasteiger partial charge in [0.05, 0.1) is 13.7 Å². The Morgan fingerprint density at radius 2 is 1.38 bits per heavy atom. The third-order valence-electron chi connectivity index (χ3n) is 13.2. The molecule has 11 heteroatoms. The molecular weight excluding hydrogens is 1150 g/mol. The number of benzene rings is 5. The fraction of sp³-hybridized carbons (Fsp3) is 0.259. The summed E-state index contributed by atoms with van der Waals surface area (Å²) in [5, 5.41) is 7.33. The Labute approximate surface area is 434 Å². The first-order chi connectivity index (χ1) is 34.0. The fourth-order valence-corrected chi connectivity index (χ4v) is 14.7. The molecule has 0 N–H and O–H groups in total. The molecule has 0 bridgehead atoms. The molecule has 69 heavy (non-hydrogen) atoms. The van der Waals surface area contributed by atoms with Gasteiger partial charge in [-0.15, -0.1) is 35.7 Å². The van der Waals surface area contributed by atoms with E-state index in [4.69, 9.17) is 8.53 Å². The van der Waals surface area contributed by atoms with Gasteiger partial charge in [-0.2, -0.15) is 11.3 Å². The topological polar surface area (TPSA) is 51.8 Å². The molecule has 1 aliphatic carbocycles. The number of fused-ring (bicyclic) bond motifs is 11. The molecule has 6 heterocycles. The van der Waals surface area contributed by atoms with Crippen LogP contribution in [0.3, 0.4) is 0 Å². The van der Waals surface area contributed by atoms with Gasteiger partial charge >= 0.3 is 132 Å². The van der Waals surface area contributed by atoms with Crippen molar-refractivity contribution < 1.29 is 38.8 Å². The molecular formula is C58H54F2GeIrN3OS2Si. The fourth-order valence-electron chi connectivity index (χ4n) is 8.95. The molecule has 350 valence electrons. The molecule has 4 nitrogen and oxygen atoms in total. The zero-order valence-corrected chi connectivity index (χ0v) is 47.0. The molecule has 11 aromatic rings. The molecule has 0 saturated heterocycles. The van der Waals surface area contributed by atoms with E-state index in [0.29, 0.717) is 35.2 Å². The van der Waals surface area contributed by atoms with Crippen molar-refractivity contribution in [2.45, 2.75) is 89.2 Å². The summed E-state index contributed by atoms with van der Waals surface area (Å²) in [6, 6.07) is 37.6. The second-order valence-electron chi connectivity index (χ2n) is 20.7. The number of aromatic nitrogens is 3. The van der Waals surface area contributed by atoms with Gasteiger partial charge in [0.25, 0.3) is 0 Å². The van der Waals surface area contributed by atoms with Crippen LogP contribution < -0.4 is 9.58 Å². The number of hydrogen-bond donors (Lipinski definition) is 0. The summed E-state index contributed by atoms with van der Waals surface area (Å²) in [5.74, 6) is 5.61. The third-order valence-corrected chi connectivity index (χ3v) is 21.5. The van der Waals surface area contributed by atoms with E-state index in [2.05, 4.69) is 120 Å². The van der Waals surface area contributed by atoms with Gasteiger partial charge in [0.15, 0.2) is 0 Å². The van der Waals surface area contributed by atoms with Crippen molar-refractivity contribution in [1.29, 1.82) is 0 Å². The van der Waals surface area contributed by atoms with Crippen molar-refractivity contribution in [3.05, 3.63) is 151 Å². The predicted molar refractivity (Wildman–Crippen MR) is 291 cm³/mol. The van der Waals surface area contributed by atoms with Crippen LogP contribution in [0.5, 0.6) is 0 Å². The third kappa shape index (κ3) is 10.00. The number of aryl methyl sites for hydroxylation is 1. The molecule has 0 spiro atoms. The van der Waals surface area contributed by atoms with Crippen molar-refractivity contribution in [3.8, 4) is 11.3 Å². The Morgan fingerprint density at radius 3 is 2.03 bits per heavy atom. The minimum absolute atomic E-state index is 0. The van der Waals surface area contributed by atoms with Gasteiger partial charge in [-0.3, -0.25) is 4.39 Å². The molecule has 0 radical (unpaired) electrons. The van der Waals surface area contributed by atoms with Gasteiger partial charge in [-0.25, -0.2) is 0 Å². The first kappa shape index (κ1) is 44.3. The zero-order valence-electron chi connectivity index (χ0n) is 43.9. The van der Waals surface area contributed by atoms with E-state index in [1.807, 2.05) is 42.7 Å². The molecule has 1 aliphatic rings.